The molecule has 2 atom stereocenters. The summed E-state index contributed by atoms with van der Waals surface area (Å²) in [7, 11) is 0. The van der Waals surface area contributed by atoms with Crippen LogP contribution in [0.4, 0.5) is 0 Å². The Hall–Kier alpha value is -1.10. The second-order valence-corrected chi connectivity index (χ2v) is 4.60. The van der Waals surface area contributed by atoms with Crippen LogP contribution in [0.5, 0.6) is 0 Å². The number of nitrogens with one attached hydrogen (secondary N) is 2. The average Bonchev–Trinajstić information content (AvgIpc) is 2.77. The Morgan fingerprint density at radius 3 is 2.65 bits per heavy atom. The Balaban J connectivity index is 2.45. The minimum Gasteiger partial charge on any atom is -0.461 e. The molecule has 0 saturated carbocycles. The fourth-order valence-electron chi connectivity index (χ4n) is 1.82. The van der Waals surface area contributed by atoms with Crippen LogP contribution >= 0.6 is 0 Å². The quantitative estimate of drug-likeness (QED) is 0.692. The first-order valence-corrected chi connectivity index (χ1v) is 6.28. The van der Waals surface area contributed by atoms with Gasteiger partial charge in [0.05, 0.1) is 12.1 Å². The molecule has 0 aromatic heterocycles. The number of amides is 1. The van der Waals surface area contributed by atoms with E-state index in [1.165, 1.54) is 0 Å². The van der Waals surface area contributed by atoms with Crippen LogP contribution in [0.2, 0.25) is 0 Å². The highest BCUT2D eigenvalue weighted by molar-refractivity contribution is 5.87. The lowest BCUT2D eigenvalue weighted by Gasteiger charge is -2.19. The number of hydrogen-bond donors (Lipinski definition) is 2. The van der Waals surface area contributed by atoms with E-state index in [0.717, 1.165) is 19.4 Å². The predicted molar refractivity (Wildman–Crippen MR) is 64.5 cm³/mol. The summed E-state index contributed by atoms with van der Waals surface area (Å²) in [4.78, 5) is 23.5. The minimum atomic E-state index is -0.535. The van der Waals surface area contributed by atoms with Crippen molar-refractivity contribution in [3.63, 3.8) is 0 Å². The molecule has 0 bridgehead atoms. The van der Waals surface area contributed by atoms with Crippen LogP contribution in [0, 0.1) is 0 Å². The SMILES string of the molecule is CC[C@H](NC(=O)C1CCCN1)C(=O)OC(C)C. The third-order valence-electron chi connectivity index (χ3n) is 2.74. The molecular formula is C12H22N2O3. The van der Waals surface area contributed by atoms with E-state index in [0.29, 0.717) is 6.42 Å². The van der Waals surface area contributed by atoms with E-state index in [9.17, 15) is 9.59 Å². The van der Waals surface area contributed by atoms with E-state index >= 15 is 0 Å². The molecule has 0 radical (unpaired) electrons. The van der Waals surface area contributed by atoms with Gasteiger partial charge in [-0.2, -0.15) is 0 Å². The van der Waals surface area contributed by atoms with Gasteiger partial charge in [0.2, 0.25) is 5.91 Å². The zero-order valence-electron chi connectivity index (χ0n) is 10.8. The zero-order chi connectivity index (χ0) is 12.8. The molecule has 1 fully saturated rings. The Kier molecular flexibility index (Phi) is 5.41. The van der Waals surface area contributed by atoms with E-state index in [1.807, 2.05) is 6.92 Å². The van der Waals surface area contributed by atoms with Gasteiger partial charge in [0, 0.05) is 0 Å². The van der Waals surface area contributed by atoms with Crippen molar-refractivity contribution in [2.75, 3.05) is 6.54 Å². The van der Waals surface area contributed by atoms with Crippen molar-refractivity contribution in [2.24, 2.45) is 0 Å². The van der Waals surface area contributed by atoms with E-state index < -0.39 is 6.04 Å². The van der Waals surface area contributed by atoms with Crippen LogP contribution in [0.25, 0.3) is 0 Å². The van der Waals surface area contributed by atoms with Crippen LogP contribution < -0.4 is 10.6 Å². The molecule has 1 heterocycles. The van der Waals surface area contributed by atoms with Crippen molar-refractivity contribution in [2.45, 2.75) is 58.2 Å². The molecule has 2 N–H and O–H groups in total. The second-order valence-electron chi connectivity index (χ2n) is 4.60. The Labute approximate surface area is 102 Å². The van der Waals surface area contributed by atoms with Crippen LogP contribution in [0.1, 0.15) is 40.0 Å². The van der Waals surface area contributed by atoms with Crippen LogP contribution in [0.15, 0.2) is 0 Å². The molecule has 1 rings (SSSR count). The highest BCUT2D eigenvalue weighted by Crippen LogP contribution is 2.06. The van der Waals surface area contributed by atoms with Gasteiger partial charge in [0.15, 0.2) is 0 Å². The summed E-state index contributed by atoms with van der Waals surface area (Å²) in [6, 6.07) is -0.691. The molecular weight excluding hydrogens is 220 g/mol. The van der Waals surface area contributed by atoms with Gasteiger partial charge >= 0.3 is 5.97 Å². The van der Waals surface area contributed by atoms with Crippen molar-refractivity contribution in [1.29, 1.82) is 0 Å². The smallest absolute Gasteiger partial charge is 0.328 e. The number of esters is 1. The number of hydrogen-bond acceptors (Lipinski definition) is 4. The maximum absolute atomic E-state index is 11.8. The molecule has 98 valence electrons. The summed E-state index contributed by atoms with van der Waals surface area (Å²) in [5, 5.41) is 5.84. The number of carbonyl (C=O) groups is 2. The van der Waals surface area contributed by atoms with Crippen LogP contribution in [-0.2, 0) is 14.3 Å². The fraction of sp³-hybridized carbons (Fsp3) is 0.833. The molecule has 0 aliphatic carbocycles. The third kappa shape index (κ3) is 4.34. The van der Waals surface area contributed by atoms with Gasteiger partial charge in [0.1, 0.15) is 6.04 Å². The van der Waals surface area contributed by atoms with Gasteiger partial charge in [-0.3, -0.25) is 4.79 Å². The largest absolute Gasteiger partial charge is 0.461 e. The Morgan fingerprint density at radius 2 is 2.18 bits per heavy atom. The normalized spacial score (nSPS) is 21.3. The van der Waals surface area contributed by atoms with Gasteiger partial charge < -0.3 is 15.4 Å². The van der Waals surface area contributed by atoms with Crippen LogP contribution in [-0.4, -0.2) is 36.6 Å². The van der Waals surface area contributed by atoms with E-state index in [-0.39, 0.29) is 24.0 Å². The molecule has 1 saturated heterocycles. The summed E-state index contributed by atoms with van der Waals surface area (Å²) in [5.74, 6) is -0.455. The van der Waals surface area contributed by atoms with Crippen molar-refractivity contribution in [1.82, 2.24) is 10.6 Å². The summed E-state index contributed by atoms with van der Waals surface area (Å²) in [6.45, 7) is 6.32. The lowest BCUT2D eigenvalue weighted by atomic mass is 10.1. The van der Waals surface area contributed by atoms with Gasteiger partial charge in [-0.05, 0) is 39.7 Å². The molecule has 17 heavy (non-hydrogen) atoms. The Bertz CT molecular complexity index is 273. The zero-order valence-corrected chi connectivity index (χ0v) is 10.8. The summed E-state index contributed by atoms with van der Waals surface area (Å²) in [5.41, 5.74) is 0. The molecule has 0 aromatic rings. The van der Waals surface area contributed by atoms with Gasteiger partial charge in [-0.15, -0.1) is 0 Å². The van der Waals surface area contributed by atoms with Gasteiger partial charge in [0.25, 0.3) is 0 Å². The molecule has 5 nitrogen and oxygen atoms in total. The molecule has 1 unspecified atom stereocenters. The maximum Gasteiger partial charge on any atom is 0.328 e. The first-order valence-electron chi connectivity index (χ1n) is 6.28. The fourth-order valence-corrected chi connectivity index (χ4v) is 1.82. The van der Waals surface area contributed by atoms with Crippen molar-refractivity contribution in [3.05, 3.63) is 0 Å². The Morgan fingerprint density at radius 1 is 1.47 bits per heavy atom. The van der Waals surface area contributed by atoms with E-state index in [2.05, 4.69) is 10.6 Å². The van der Waals surface area contributed by atoms with Crippen molar-refractivity contribution in [3.8, 4) is 0 Å². The third-order valence-corrected chi connectivity index (χ3v) is 2.74. The topological polar surface area (TPSA) is 67.4 Å². The molecule has 0 aromatic carbocycles. The maximum atomic E-state index is 11.8. The highest BCUT2D eigenvalue weighted by Gasteiger charge is 2.27. The molecule has 0 spiro atoms. The molecule has 1 aliphatic heterocycles. The molecule has 5 heteroatoms. The first kappa shape index (κ1) is 14.0. The highest BCUT2D eigenvalue weighted by atomic mass is 16.5. The lowest BCUT2D eigenvalue weighted by molar-refractivity contribution is -0.151. The van der Waals surface area contributed by atoms with Crippen molar-refractivity contribution < 1.29 is 14.3 Å². The standard InChI is InChI=1S/C12H22N2O3/c1-4-9(12(16)17-8(2)3)14-11(15)10-6-5-7-13-10/h8-10,13H,4-7H2,1-3H3,(H,14,15)/t9-,10?/m0/s1. The van der Waals surface area contributed by atoms with Gasteiger partial charge in [-0.1, -0.05) is 6.92 Å². The first-order chi connectivity index (χ1) is 8.04. The van der Waals surface area contributed by atoms with Crippen molar-refractivity contribution >= 4 is 11.9 Å². The average molecular weight is 242 g/mol. The summed E-state index contributed by atoms with van der Waals surface area (Å²) in [6.07, 6.45) is 2.23. The monoisotopic (exact) mass is 242 g/mol. The van der Waals surface area contributed by atoms with E-state index in [4.69, 9.17) is 4.74 Å². The minimum absolute atomic E-state index is 0.102. The predicted octanol–water partition coefficient (Wildman–Crippen LogP) is 0.585. The second kappa shape index (κ2) is 6.59. The number of carbonyl (C=O) groups excluding carboxylic acids is 2. The summed E-state index contributed by atoms with van der Waals surface area (Å²) >= 11 is 0. The number of ether oxygens (including phenoxy) is 1. The van der Waals surface area contributed by atoms with Gasteiger partial charge in [-0.25, -0.2) is 4.79 Å². The summed E-state index contributed by atoms with van der Waals surface area (Å²) < 4.78 is 5.09. The molecule has 1 aliphatic rings. The van der Waals surface area contributed by atoms with E-state index in [1.54, 1.807) is 13.8 Å². The molecule has 1 amide bonds. The lowest BCUT2D eigenvalue weighted by Crippen LogP contribution is -2.48. The van der Waals surface area contributed by atoms with Crippen LogP contribution in [0.3, 0.4) is 0 Å². The number of rotatable bonds is 5.